The molecule has 116 valence electrons. The number of nitrogens with zero attached hydrogens (tertiary/aromatic N) is 1. The first kappa shape index (κ1) is 15.8. The van der Waals surface area contributed by atoms with Crippen LogP contribution in [0.1, 0.15) is 0 Å². The van der Waals surface area contributed by atoms with Gasteiger partial charge in [0.2, 0.25) is 10.0 Å². The van der Waals surface area contributed by atoms with Crippen molar-refractivity contribution in [3.05, 3.63) is 29.8 Å². The summed E-state index contributed by atoms with van der Waals surface area (Å²) in [6, 6.07) is 1.09. The molecule has 1 aromatic rings. The number of rotatable bonds is 3. The van der Waals surface area contributed by atoms with E-state index in [0.717, 1.165) is 23.5 Å². The normalized spacial score (nSPS) is 20.2. The van der Waals surface area contributed by atoms with Gasteiger partial charge in [0.05, 0.1) is 25.2 Å². The lowest BCUT2D eigenvalue weighted by molar-refractivity contribution is -0.149. The fourth-order valence-electron chi connectivity index (χ4n) is 1.97. The van der Waals surface area contributed by atoms with Crippen LogP contribution in [-0.2, 0) is 24.3 Å². The SMILES string of the molecule is COC(=O)C1COCCN1S(=O)(=O)c1ccc(F)c(F)c1. The number of sulfonamides is 1. The van der Waals surface area contributed by atoms with Gasteiger partial charge in [0, 0.05) is 6.54 Å². The third-order valence-electron chi connectivity index (χ3n) is 3.05. The highest BCUT2D eigenvalue weighted by Crippen LogP contribution is 2.22. The molecule has 0 aliphatic carbocycles. The Balaban J connectivity index is 2.40. The van der Waals surface area contributed by atoms with E-state index in [1.165, 1.54) is 0 Å². The van der Waals surface area contributed by atoms with Gasteiger partial charge in [-0.2, -0.15) is 4.31 Å². The van der Waals surface area contributed by atoms with Crippen LogP contribution in [0.25, 0.3) is 0 Å². The van der Waals surface area contributed by atoms with Crippen LogP contribution < -0.4 is 0 Å². The number of methoxy groups -OCH3 is 1. The van der Waals surface area contributed by atoms with E-state index in [9.17, 15) is 22.0 Å². The minimum atomic E-state index is -4.16. The molecule has 0 spiro atoms. The monoisotopic (exact) mass is 321 g/mol. The van der Waals surface area contributed by atoms with Gasteiger partial charge in [0.15, 0.2) is 11.6 Å². The van der Waals surface area contributed by atoms with E-state index < -0.39 is 38.6 Å². The van der Waals surface area contributed by atoms with Gasteiger partial charge in [-0.25, -0.2) is 17.2 Å². The van der Waals surface area contributed by atoms with E-state index in [0.29, 0.717) is 6.07 Å². The van der Waals surface area contributed by atoms with Crippen LogP contribution in [0.4, 0.5) is 8.78 Å². The van der Waals surface area contributed by atoms with Crippen LogP contribution in [-0.4, -0.2) is 51.6 Å². The summed E-state index contributed by atoms with van der Waals surface area (Å²) in [5, 5.41) is 0. The van der Waals surface area contributed by atoms with Crippen molar-refractivity contribution >= 4 is 16.0 Å². The zero-order chi connectivity index (χ0) is 15.6. The highest BCUT2D eigenvalue weighted by atomic mass is 32.2. The fraction of sp³-hybridized carbons (Fsp3) is 0.417. The third kappa shape index (κ3) is 3.04. The molecule has 1 unspecified atom stereocenters. The van der Waals surface area contributed by atoms with Crippen molar-refractivity contribution in [1.29, 1.82) is 0 Å². The predicted octanol–water partition coefficient (Wildman–Crippen LogP) is 0.527. The Morgan fingerprint density at radius 1 is 1.38 bits per heavy atom. The second-order valence-corrected chi connectivity index (χ2v) is 6.20. The smallest absolute Gasteiger partial charge is 0.326 e. The summed E-state index contributed by atoms with van der Waals surface area (Å²) >= 11 is 0. The van der Waals surface area contributed by atoms with Gasteiger partial charge in [-0.05, 0) is 18.2 Å². The summed E-state index contributed by atoms with van der Waals surface area (Å²) < 4.78 is 61.5. The fourth-order valence-corrected chi connectivity index (χ4v) is 3.53. The lowest BCUT2D eigenvalue weighted by atomic mass is 10.3. The van der Waals surface area contributed by atoms with E-state index in [-0.39, 0.29) is 19.8 Å². The molecule has 0 N–H and O–H groups in total. The number of carbonyl (C=O) groups is 1. The summed E-state index contributed by atoms with van der Waals surface area (Å²) in [7, 11) is -3.04. The van der Waals surface area contributed by atoms with E-state index in [1.54, 1.807) is 0 Å². The minimum Gasteiger partial charge on any atom is -0.468 e. The van der Waals surface area contributed by atoms with E-state index in [2.05, 4.69) is 4.74 Å². The Kier molecular flexibility index (Phi) is 4.55. The van der Waals surface area contributed by atoms with Gasteiger partial charge in [0.25, 0.3) is 0 Å². The standard InChI is InChI=1S/C12H13F2NO5S/c1-19-12(16)11-7-20-5-4-15(11)21(17,18)8-2-3-9(13)10(14)6-8/h2-3,6,11H,4-5,7H2,1H3. The summed E-state index contributed by atoms with van der Waals surface area (Å²) in [4.78, 5) is 11.2. The second kappa shape index (κ2) is 6.04. The van der Waals surface area contributed by atoms with Crippen molar-refractivity contribution in [3.63, 3.8) is 0 Å². The van der Waals surface area contributed by atoms with E-state index in [1.807, 2.05) is 0 Å². The summed E-state index contributed by atoms with van der Waals surface area (Å²) in [6.45, 7) is -0.146. The molecule has 21 heavy (non-hydrogen) atoms. The molecule has 1 fully saturated rings. The molecule has 0 saturated carbocycles. The number of halogens is 2. The number of esters is 1. The van der Waals surface area contributed by atoms with Crippen LogP contribution in [0, 0.1) is 11.6 Å². The first-order chi connectivity index (χ1) is 9.87. The largest absolute Gasteiger partial charge is 0.468 e. The third-order valence-corrected chi connectivity index (χ3v) is 4.95. The quantitative estimate of drug-likeness (QED) is 0.759. The van der Waals surface area contributed by atoms with Crippen LogP contribution in [0.3, 0.4) is 0 Å². The molecule has 0 bridgehead atoms. The van der Waals surface area contributed by atoms with Crippen LogP contribution >= 0.6 is 0 Å². The van der Waals surface area contributed by atoms with Crippen LogP contribution in [0.15, 0.2) is 23.1 Å². The second-order valence-electron chi connectivity index (χ2n) is 4.31. The maximum atomic E-state index is 13.2. The molecule has 0 radical (unpaired) electrons. The Bertz CT molecular complexity index is 649. The zero-order valence-corrected chi connectivity index (χ0v) is 11.9. The molecule has 1 aromatic carbocycles. The summed E-state index contributed by atoms with van der Waals surface area (Å²) in [5.74, 6) is -3.21. The highest BCUT2D eigenvalue weighted by molar-refractivity contribution is 7.89. The van der Waals surface area contributed by atoms with Gasteiger partial charge >= 0.3 is 5.97 Å². The van der Waals surface area contributed by atoms with Crippen LogP contribution in [0.2, 0.25) is 0 Å². The molecule has 1 saturated heterocycles. The molecule has 0 amide bonds. The Hall–Kier alpha value is -1.58. The van der Waals surface area contributed by atoms with Crippen molar-refractivity contribution in [2.75, 3.05) is 26.9 Å². The molecule has 0 aromatic heterocycles. The first-order valence-electron chi connectivity index (χ1n) is 6.00. The van der Waals surface area contributed by atoms with Gasteiger partial charge in [-0.15, -0.1) is 0 Å². The maximum absolute atomic E-state index is 13.2. The summed E-state index contributed by atoms with van der Waals surface area (Å²) in [5.41, 5.74) is 0. The molecule has 6 nitrogen and oxygen atoms in total. The molecule has 2 rings (SSSR count). The Morgan fingerprint density at radius 2 is 2.10 bits per heavy atom. The molecule has 1 atom stereocenters. The predicted molar refractivity (Wildman–Crippen MR) is 66.9 cm³/mol. The lowest BCUT2D eigenvalue weighted by Gasteiger charge is -2.32. The van der Waals surface area contributed by atoms with Gasteiger partial charge in [0.1, 0.15) is 6.04 Å². The number of hydrogen-bond donors (Lipinski definition) is 0. The van der Waals surface area contributed by atoms with E-state index in [4.69, 9.17) is 4.74 Å². The Morgan fingerprint density at radius 3 is 2.71 bits per heavy atom. The number of benzene rings is 1. The zero-order valence-electron chi connectivity index (χ0n) is 11.1. The van der Waals surface area contributed by atoms with Gasteiger partial charge < -0.3 is 9.47 Å². The van der Waals surface area contributed by atoms with Gasteiger partial charge in [-0.1, -0.05) is 0 Å². The Labute approximate surface area is 120 Å². The molecule has 1 aliphatic heterocycles. The molecular weight excluding hydrogens is 308 g/mol. The molecule has 1 heterocycles. The minimum absolute atomic E-state index is 0.0822. The van der Waals surface area contributed by atoms with Crippen molar-refractivity contribution < 1.29 is 31.5 Å². The number of ether oxygens (including phenoxy) is 2. The number of hydrogen-bond acceptors (Lipinski definition) is 5. The molecule has 1 aliphatic rings. The number of morpholine rings is 1. The van der Waals surface area contributed by atoms with Crippen molar-refractivity contribution in [2.24, 2.45) is 0 Å². The summed E-state index contributed by atoms with van der Waals surface area (Å²) in [6.07, 6.45) is 0. The maximum Gasteiger partial charge on any atom is 0.326 e. The molecular formula is C12H13F2NO5S. The van der Waals surface area contributed by atoms with Crippen LogP contribution in [0.5, 0.6) is 0 Å². The molecule has 9 heteroatoms. The van der Waals surface area contributed by atoms with E-state index >= 15 is 0 Å². The van der Waals surface area contributed by atoms with Gasteiger partial charge in [-0.3, -0.25) is 4.79 Å². The topological polar surface area (TPSA) is 72.9 Å². The number of carbonyl (C=O) groups excluding carboxylic acids is 1. The van der Waals surface area contributed by atoms with Crippen molar-refractivity contribution in [2.45, 2.75) is 10.9 Å². The first-order valence-corrected chi connectivity index (χ1v) is 7.44. The van der Waals surface area contributed by atoms with Crippen molar-refractivity contribution in [1.82, 2.24) is 4.31 Å². The highest BCUT2D eigenvalue weighted by Gasteiger charge is 2.39. The average molecular weight is 321 g/mol. The lowest BCUT2D eigenvalue weighted by Crippen LogP contribution is -2.52. The average Bonchev–Trinajstić information content (AvgIpc) is 2.49. The van der Waals surface area contributed by atoms with Crippen molar-refractivity contribution in [3.8, 4) is 0 Å².